The Balaban J connectivity index is 2.78. The van der Waals surface area contributed by atoms with Crippen LogP contribution in [0.25, 0.3) is 0 Å². The Bertz CT molecular complexity index is 589. The van der Waals surface area contributed by atoms with Crippen LogP contribution in [-0.4, -0.2) is 22.1 Å². The van der Waals surface area contributed by atoms with Gasteiger partial charge < -0.3 is 15.7 Å². The SMILES string of the molecule is O=C(O)CC(=O)NC(=S)Nc1ccc(F)c(C(F)(F)F)c1. The number of aliphatic carboxylic acids is 1. The number of hydrogen-bond donors (Lipinski definition) is 3. The van der Waals surface area contributed by atoms with Gasteiger partial charge in [-0.1, -0.05) is 0 Å². The summed E-state index contributed by atoms with van der Waals surface area (Å²) in [5.41, 5.74) is -1.70. The number of carboxylic acid groups (broad SMARTS) is 1. The fraction of sp³-hybridized carbons (Fsp3) is 0.182. The summed E-state index contributed by atoms with van der Waals surface area (Å²) in [5.74, 6) is -3.79. The highest BCUT2D eigenvalue weighted by Crippen LogP contribution is 2.32. The zero-order valence-corrected chi connectivity index (χ0v) is 10.9. The van der Waals surface area contributed by atoms with Crippen molar-refractivity contribution in [3.63, 3.8) is 0 Å². The van der Waals surface area contributed by atoms with Crippen molar-refractivity contribution in [2.45, 2.75) is 12.6 Å². The predicted octanol–water partition coefficient (Wildman–Crippen LogP) is 2.13. The number of anilines is 1. The number of hydrogen-bond acceptors (Lipinski definition) is 3. The molecule has 1 aromatic rings. The first kappa shape index (κ1) is 16.8. The molecule has 1 aromatic carbocycles. The van der Waals surface area contributed by atoms with Crippen LogP contribution in [0, 0.1) is 5.82 Å². The molecule has 0 aromatic heterocycles. The van der Waals surface area contributed by atoms with Crippen molar-refractivity contribution < 1.29 is 32.3 Å². The van der Waals surface area contributed by atoms with Gasteiger partial charge in [-0.2, -0.15) is 13.2 Å². The number of rotatable bonds is 3. The van der Waals surface area contributed by atoms with Crippen LogP contribution in [0.2, 0.25) is 0 Å². The lowest BCUT2D eigenvalue weighted by Crippen LogP contribution is -2.35. The summed E-state index contributed by atoms with van der Waals surface area (Å²) in [6, 6.07) is 2.05. The molecule has 0 aliphatic rings. The third kappa shape index (κ3) is 5.34. The van der Waals surface area contributed by atoms with Gasteiger partial charge in [0, 0.05) is 5.69 Å². The molecule has 0 aliphatic carbocycles. The second kappa shape index (κ2) is 6.48. The molecule has 0 aliphatic heterocycles. The van der Waals surface area contributed by atoms with Crippen molar-refractivity contribution in [1.82, 2.24) is 5.32 Å². The van der Waals surface area contributed by atoms with Crippen molar-refractivity contribution in [1.29, 1.82) is 0 Å². The fourth-order valence-corrected chi connectivity index (χ4v) is 1.52. The number of thiocarbonyl (C=S) groups is 1. The van der Waals surface area contributed by atoms with Crippen molar-refractivity contribution >= 4 is 34.9 Å². The average Bonchev–Trinajstić information content (AvgIpc) is 2.28. The van der Waals surface area contributed by atoms with E-state index in [1.54, 1.807) is 0 Å². The highest BCUT2D eigenvalue weighted by atomic mass is 32.1. The molecule has 1 amide bonds. The molecule has 10 heteroatoms. The van der Waals surface area contributed by atoms with Gasteiger partial charge in [-0.25, -0.2) is 4.39 Å². The van der Waals surface area contributed by atoms with E-state index < -0.39 is 41.0 Å². The molecule has 0 fully saturated rings. The minimum absolute atomic E-state index is 0.204. The maximum Gasteiger partial charge on any atom is 0.419 e. The summed E-state index contributed by atoms with van der Waals surface area (Å²) in [6.07, 6.45) is -5.73. The van der Waals surface area contributed by atoms with Gasteiger partial charge in [0.25, 0.3) is 0 Å². The molecule has 0 spiro atoms. The van der Waals surface area contributed by atoms with Crippen molar-refractivity contribution in [2.24, 2.45) is 0 Å². The quantitative estimate of drug-likeness (QED) is 0.451. The molecular formula is C11H8F4N2O3S. The van der Waals surface area contributed by atoms with Gasteiger partial charge in [-0.05, 0) is 30.4 Å². The van der Waals surface area contributed by atoms with Crippen molar-refractivity contribution in [2.75, 3.05) is 5.32 Å². The first-order valence-corrected chi connectivity index (χ1v) is 5.70. The maximum absolute atomic E-state index is 13.0. The summed E-state index contributed by atoms with van der Waals surface area (Å²) >= 11 is 4.62. The van der Waals surface area contributed by atoms with E-state index in [-0.39, 0.29) is 5.69 Å². The van der Waals surface area contributed by atoms with Gasteiger partial charge in [0.05, 0.1) is 5.56 Å². The molecule has 114 valence electrons. The number of halogens is 4. The summed E-state index contributed by atoms with van der Waals surface area (Å²) in [6.45, 7) is 0. The fourth-order valence-electron chi connectivity index (χ4n) is 1.29. The standard InChI is InChI=1S/C11H8F4N2O3S/c12-7-2-1-5(3-6(7)11(13,14)15)16-10(21)17-8(18)4-9(19)20/h1-3H,4H2,(H,19,20)(H2,16,17,18,21). The normalized spacial score (nSPS) is 10.9. The van der Waals surface area contributed by atoms with Crippen LogP contribution in [0.3, 0.4) is 0 Å². The van der Waals surface area contributed by atoms with E-state index in [0.717, 1.165) is 6.07 Å². The van der Waals surface area contributed by atoms with E-state index in [4.69, 9.17) is 5.11 Å². The van der Waals surface area contributed by atoms with Crippen LogP contribution in [0.5, 0.6) is 0 Å². The van der Waals surface area contributed by atoms with E-state index >= 15 is 0 Å². The lowest BCUT2D eigenvalue weighted by molar-refractivity contribution is -0.141. The lowest BCUT2D eigenvalue weighted by Gasteiger charge is -2.12. The van der Waals surface area contributed by atoms with Crippen LogP contribution in [0.15, 0.2) is 18.2 Å². The first-order valence-electron chi connectivity index (χ1n) is 5.29. The number of alkyl halides is 3. The monoisotopic (exact) mass is 324 g/mol. The molecule has 0 atom stereocenters. The minimum atomic E-state index is -4.88. The second-order valence-corrected chi connectivity index (χ2v) is 4.17. The number of benzene rings is 1. The van der Waals surface area contributed by atoms with Gasteiger partial charge in [-0.3, -0.25) is 9.59 Å². The summed E-state index contributed by atoms with van der Waals surface area (Å²) in [4.78, 5) is 21.3. The highest BCUT2D eigenvalue weighted by molar-refractivity contribution is 7.80. The third-order valence-corrected chi connectivity index (χ3v) is 2.30. The Morgan fingerprint density at radius 3 is 2.43 bits per heavy atom. The molecule has 0 bridgehead atoms. The van der Waals surface area contributed by atoms with Crippen LogP contribution in [-0.2, 0) is 15.8 Å². The maximum atomic E-state index is 13.0. The van der Waals surface area contributed by atoms with Gasteiger partial charge in [0.2, 0.25) is 5.91 Å². The van der Waals surface area contributed by atoms with Crippen LogP contribution in [0.1, 0.15) is 12.0 Å². The lowest BCUT2D eigenvalue weighted by atomic mass is 10.2. The minimum Gasteiger partial charge on any atom is -0.481 e. The van der Waals surface area contributed by atoms with Gasteiger partial charge in [0.15, 0.2) is 5.11 Å². The van der Waals surface area contributed by atoms with Crippen LogP contribution < -0.4 is 10.6 Å². The van der Waals surface area contributed by atoms with Gasteiger partial charge in [-0.15, -0.1) is 0 Å². The molecule has 0 saturated carbocycles. The summed E-state index contributed by atoms with van der Waals surface area (Å²) < 4.78 is 50.5. The largest absolute Gasteiger partial charge is 0.481 e. The molecule has 1 rings (SSSR count). The summed E-state index contributed by atoms with van der Waals surface area (Å²) in [5, 5.41) is 12.1. The van der Waals surface area contributed by atoms with E-state index in [2.05, 4.69) is 17.5 Å². The predicted molar refractivity (Wildman–Crippen MR) is 68.0 cm³/mol. The van der Waals surface area contributed by atoms with Gasteiger partial charge in [0.1, 0.15) is 12.2 Å². The molecular weight excluding hydrogens is 316 g/mol. The Morgan fingerprint density at radius 1 is 1.29 bits per heavy atom. The second-order valence-electron chi connectivity index (χ2n) is 3.77. The molecule has 0 unspecified atom stereocenters. The molecule has 0 radical (unpaired) electrons. The Morgan fingerprint density at radius 2 is 1.90 bits per heavy atom. The third-order valence-electron chi connectivity index (χ3n) is 2.09. The smallest absolute Gasteiger partial charge is 0.419 e. The van der Waals surface area contributed by atoms with Crippen LogP contribution in [0.4, 0.5) is 23.2 Å². The number of carbonyl (C=O) groups excluding carboxylic acids is 1. The van der Waals surface area contributed by atoms with E-state index in [1.165, 1.54) is 0 Å². The van der Waals surface area contributed by atoms with E-state index in [9.17, 15) is 27.2 Å². The Hall–Kier alpha value is -2.23. The Labute approximate surface area is 120 Å². The zero-order valence-electron chi connectivity index (χ0n) is 10.1. The number of amides is 1. The number of carboxylic acids is 1. The number of nitrogens with one attached hydrogen (secondary N) is 2. The van der Waals surface area contributed by atoms with Crippen molar-refractivity contribution in [3.05, 3.63) is 29.6 Å². The van der Waals surface area contributed by atoms with E-state index in [1.807, 2.05) is 5.32 Å². The first-order chi connectivity index (χ1) is 9.59. The molecule has 0 heterocycles. The zero-order chi connectivity index (χ0) is 16.2. The number of carbonyl (C=O) groups is 2. The molecule has 0 saturated heterocycles. The topological polar surface area (TPSA) is 78.4 Å². The highest BCUT2D eigenvalue weighted by Gasteiger charge is 2.34. The van der Waals surface area contributed by atoms with Gasteiger partial charge >= 0.3 is 12.1 Å². The molecule has 3 N–H and O–H groups in total. The average molecular weight is 324 g/mol. The van der Waals surface area contributed by atoms with E-state index in [0.29, 0.717) is 12.1 Å². The molecule has 5 nitrogen and oxygen atoms in total. The van der Waals surface area contributed by atoms with Crippen LogP contribution >= 0.6 is 12.2 Å². The molecule has 21 heavy (non-hydrogen) atoms. The summed E-state index contributed by atoms with van der Waals surface area (Å²) in [7, 11) is 0. The van der Waals surface area contributed by atoms with Crippen molar-refractivity contribution in [3.8, 4) is 0 Å². The Kier molecular flexibility index (Phi) is 5.19.